The monoisotopic (exact) mass is 305 g/mol. The van der Waals surface area contributed by atoms with Gasteiger partial charge in [0.05, 0.1) is 18.4 Å². The lowest BCUT2D eigenvalue weighted by Crippen LogP contribution is -1.94. The predicted molar refractivity (Wildman–Crippen MR) is 88.6 cm³/mol. The van der Waals surface area contributed by atoms with E-state index in [1.54, 1.807) is 19.2 Å². The van der Waals surface area contributed by atoms with Gasteiger partial charge in [-0.1, -0.05) is 42.5 Å². The molecule has 4 nitrogen and oxygen atoms in total. The zero-order chi connectivity index (χ0) is 16.2. The first-order chi connectivity index (χ1) is 11.2. The summed E-state index contributed by atoms with van der Waals surface area (Å²) in [5.41, 5.74) is 4.12. The summed E-state index contributed by atoms with van der Waals surface area (Å²) in [4.78, 5) is 15.3. The van der Waals surface area contributed by atoms with Crippen LogP contribution in [0.5, 0.6) is 5.88 Å². The summed E-state index contributed by atoms with van der Waals surface area (Å²) >= 11 is 0. The molecule has 0 unspecified atom stereocenters. The van der Waals surface area contributed by atoms with E-state index < -0.39 is 5.97 Å². The Morgan fingerprint density at radius 1 is 0.870 bits per heavy atom. The van der Waals surface area contributed by atoms with Gasteiger partial charge in [0.2, 0.25) is 5.88 Å². The third-order valence-electron chi connectivity index (χ3n) is 3.58. The van der Waals surface area contributed by atoms with Gasteiger partial charge in [-0.15, -0.1) is 0 Å². The van der Waals surface area contributed by atoms with Gasteiger partial charge in [0.1, 0.15) is 0 Å². The summed E-state index contributed by atoms with van der Waals surface area (Å²) in [6.45, 7) is 0. The highest BCUT2D eigenvalue weighted by molar-refractivity contribution is 5.88. The first-order valence-electron chi connectivity index (χ1n) is 7.12. The van der Waals surface area contributed by atoms with Crippen molar-refractivity contribution in [1.29, 1.82) is 0 Å². The van der Waals surface area contributed by atoms with E-state index in [2.05, 4.69) is 4.98 Å². The molecule has 0 radical (unpaired) electrons. The SMILES string of the molecule is COc1cccc(-c2ccc(-c3ccc(C(=O)O)cc3)cc2)n1. The standard InChI is InChI=1S/C19H15NO3/c1-23-18-4-2-3-17(20-18)15-9-5-13(6-10-15)14-7-11-16(12-8-14)19(21)22/h2-12H,1H3,(H,21,22). The van der Waals surface area contributed by atoms with Gasteiger partial charge < -0.3 is 9.84 Å². The van der Waals surface area contributed by atoms with E-state index in [0.29, 0.717) is 5.88 Å². The number of nitrogens with zero attached hydrogens (tertiary/aromatic N) is 1. The maximum atomic E-state index is 10.9. The first kappa shape index (κ1) is 14.8. The molecular formula is C19H15NO3. The summed E-state index contributed by atoms with van der Waals surface area (Å²) < 4.78 is 5.14. The Kier molecular flexibility index (Phi) is 4.06. The highest BCUT2D eigenvalue weighted by Crippen LogP contribution is 2.25. The number of carboxylic acids is 1. The molecule has 3 rings (SSSR count). The number of methoxy groups -OCH3 is 1. The molecule has 0 saturated carbocycles. The van der Waals surface area contributed by atoms with Crippen LogP contribution in [-0.2, 0) is 0 Å². The lowest BCUT2D eigenvalue weighted by molar-refractivity contribution is 0.0697. The highest BCUT2D eigenvalue weighted by atomic mass is 16.5. The van der Waals surface area contributed by atoms with E-state index in [1.165, 1.54) is 0 Å². The zero-order valence-corrected chi connectivity index (χ0v) is 12.6. The number of hydrogen-bond acceptors (Lipinski definition) is 3. The van der Waals surface area contributed by atoms with E-state index in [-0.39, 0.29) is 5.56 Å². The van der Waals surface area contributed by atoms with Gasteiger partial charge >= 0.3 is 5.97 Å². The molecule has 0 fully saturated rings. The van der Waals surface area contributed by atoms with Crippen molar-refractivity contribution in [2.24, 2.45) is 0 Å². The molecule has 0 aliphatic carbocycles. The molecule has 1 N–H and O–H groups in total. The van der Waals surface area contributed by atoms with Crippen LogP contribution in [0.15, 0.2) is 66.7 Å². The van der Waals surface area contributed by atoms with E-state index >= 15 is 0 Å². The molecule has 114 valence electrons. The molecule has 0 aliphatic rings. The average Bonchev–Trinajstić information content (AvgIpc) is 2.62. The van der Waals surface area contributed by atoms with Gasteiger partial charge in [-0.25, -0.2) is 9.78 Å². The Morgan fingerprint density at radius 2 is 1.43 bits per heavy atom. The number of carbonyl (C=O) groups is 1. The zero-order valence-electron chi connectivity index (χ0n) is 12.6. The van der Waals surface area contributed by atoms with Crippen molar-refractivity contribution in [1.82, 2.24) is 4.98 Å². The van der Waals surface area contributed by atoms with Crippen molar-refractivity contribution in [2.45, 2.75) is 0 Å². The maximum Gasteiger partial charge on any atom is 0.335 e. The molecule has 0 amide bonds. The first-order valence-corrected chi connectivity index (χ1v) is 7.12. The summed E-state index contributed by atoms with van der Waals surface area (Å²) in [6, 6.07) is 20.4. The molecule has 1 aromatic heterocycles. The van der Waals surface area contributed by atoms with Crippen LogP contribution in [0.25, 0.3) is 22.4 Å². The van der Waals surface area contributed by atoms with Gasteiger partial charge in [-0.2, -0.15) is 0 Å². The van der Waals surface area contributed by atoms with Crippen LogP contribution < -0.4 is 4.74 Å². The van der Waals surface area contributed by atoms with Crippen LogP contribution in [0.2, 0.25) is 0 Å². The normalized spacial score (nSPS) is 10.3. The summed E-state index contributed by atoms with van der Waals surface area (Å²) in [7, 11) is 1.59. The second-order valence-corrected chi connectivity index (χ2v) is 5.03. The van der Waals surface area contributed by atoms with Crippen LogP contribution in [0.4, 0.5) is 0 Å². The molecule has 23 heavy (non-hydrogen) atoms. The largest absolute Gasteiger partial charge is 0.481 e. The van der Waals surface area contributed by atoms with E-state index in [1.807, 2.05) is 54.6 Å². The Morgan fingerprint density at radius 3 is 2.00 bits per heavy atom. The molecule has 3 aromatic rings. The van der Waals surface area contributed by atoms with Crippen LogP contribution >= 0.6 is 0 Å². The van der Waals surface area contributed by atoms with Crippen molar-refractivity contribution in [2.75, 3.05) is 7.11 Å². The van der Waals surface area contributed by atoms with Crippen LogP contribution in [0, 0.1) is 0 Å². The van der Waals surface area contributed by atoms with Gasteiger partial charge in [-0.3, -0.25) is 0 Å². The lowest BCUT2D eigenvalue weighted by Gasteiger charge is -2.06. The fraction of sp³-hybridized carbons (Fsp3) is 0.0526. The summed E-state index contributed by atoms with van der Waals surface area (Å²) in [5, 5.41) is 8.93. The number of rotatable bonds is 4. The van der Waals surface area contributed by atoms with Crippen molar-refractivity contribution >= 4 is 5.97 Å². The molecule has 1 heterocycles. The second-order valence-electron chi connectivity index (χ2n) is 5.03. The molecule has 0 bridgehead atoms. The van der Waals surface area contributed by atoms with Crippen molar-refractivity contribution in [3.05, 3.63) is 72.3 Å². The molecule has 2 aromatic carbocycles. The van der Waals surface area contributed by atoms with Gasteiger partial charge in [-0.05, 0) is 29.3 Å². The van der Waals surface area contributed by atoms with Gasteiger partial charge in [0.25, 0.3) is 0 Å². The molecule has 0 aliphatic heterocycles. The number of aromatic nitrogens is 1. The average molecular weight is 305 g/mol. The quantitative estimate of drug-likeness (QED) is 0.787. The Bertz CT molecular complexity index is 824. The number of hydrogen-bond donors (Lipinski definition) is 1. The minimum absolute atomic E-state index is 0.283. The van der Waals surface area contributed by atoms with Gasteiger partial charge in [0.15, 0.2) is 0 Å². The number of benzene rings is 2. The lowest BCUT2D eigenvalue weighted by atomic mass is 10.0. The van der Waals surface area contributed by atoms with Crippen LogP contribution in [-0.4, -0.2) is 23.2 Å². The van der Waals surface area contributed by atoms with E-state index in [0.717, 1.165) is 22.4 Å². The van der Waals surface area contributed by atoms with Gasteiger partial charge in [0, 0.05) is 11.6 Å². The predicted octanol–water partition coefficient (Wildman–Crippen LogP) is 4.12. The smallest absolute Gasteiger partial charge is 0.335 e. The summed E-state index contributed by atoms with van der Waals surface area (Å²) in [6.07, 6.45) is 0. The van der Waals surface area contributed by atoms with E-state index in [9.17, 15) is 4.79 Å². The van der Waals surface area contributed by atoms with Crippen molar-refractivity contribution in [3.8, 4) is 28.3 Å². The molecule has 0 atom stereocenters. The molecular weight excluding hydrogens is 290 g/mol. The number of aromatic carboxylic acids is 1. The molecule has 0 saturated heterocycles. The number of carboxylic acid groups (broad SMARTS) is 1. The molecule has 0 spiro atoms. The van der Waals surface area contributed by atoms with E-state index in [4.69, 9.17) is 9.84 Å². The highest BCUT2D eigenvalue weighted by Gasteiger charge is 2.05. The number of ether oxygens (including phenoxy) is 1. The fourth-order valence-electron chi connectivity index (χ4n) is 2.33. The van der Waals surface area contributed by atoms with Crippen molar-refractivity contribution < 1.29 is 14.6 Å². The molecule has 4 heteroatoms. The second kappa shape index (κ2) is 6.32. The number of pyridine rings is 1. The maximum absolute atomic E-state index is 10.9. The van der Waals surface area contributed by atoms with Crippen LogP contribution in [0.3, 0.4) is 0 Å². The minimum atomic E-state index is -0.920. The Balaban J connectivity index is 1.88. The fourth-order valence-corrected chi connectivity index (χ4v) is 2.33. The minimum Gasteiger partial charge on any atom is -0.481 e. The summed E-state index contributed by atoms with van der Waals surface area (Å²) in [5.74, 6) is -0.341. The van der Waals surface area contributed by atoms with Crippen molar-refractivity contribution in [3.63, 3.8) is 0 Å². The Labute approximate surface area is 134 Å². The van der Waals surface area contributed by atoms with Crippen LogP contribution in [0.1, 0.15) is 10.4 Å². The topological polar surface area (TPSA) is 59.4 Å². The third kappa shape index (κ3) is 3.21. The Hall–Kier alpha value is -3.14. The third-order valence-corrected chi connectivity index (χ3v) is 3.58.